The van der Waals surface area contributed by atoms with Crippen LogP contribution in [0.25, 0.3) is 5.65 Å². The molecule has 2 aromatic heterocycles. The molecule has 0 saturated carbocycles. The van der Waals surface area contributed by atoms with Crippen molar-refractivity contribution in [3.63, 3.8) is 0 Å². The zero-order chi connectivity index (χ0) is 22.9. The van der Waals surface area contributed by atoms with Crippen LogP contribution in [0.4, 0.5) is 10.5 Å². The number of carbonyl (C=O) groups is 1. The minimum Gasteiger partial charge on any atom is -0.442 e. The number of carbonyl (C=O) groups excluding carboxylic acids is 1. The van der Waals surface area contributed by atoms with E-state index in [0.717, 1.165) is 29.0 Å². The monoisotopic (exact) mass is 467 g/mol. The van der Waals surface area contributed by atoms with Gasteiger partial charge < -0.3 is 14.5 Å². The number of nitrogens with zero attached hydrogens (tertiary/aromatic N) is 7. The van der Waals surface area contributed by atoms with Gasteiger partial charge in [-0.1, -0.05) is 23.7 Å². The Hall–Kier alpha value is -3.33. The smallest absolute Gasteiger partial charge is 0.410 e. The van der Waals surface area contributed by atoms with E-state index in [2.05, 4.69) is 20.1 Å². The summed E-state index contributed by atoms with van der Waals surface area (Å²) in [6.45, 7) is 5.24. The molecule has 9 nitrogen and oxygen atoms in total. The third kappa shape index (κ3) is 4.45. The molecule has 0 N–H and O–H groups in total. The number of aromatic nitrogens is 3. The first-order valence-corrected chi connectivity index (χ1v) is 11.4. The summed E-state index contributed by atoms with van der Waals surface area (Å²) in [7, 11) is 1.96. The van der Waals surface area contributed by atoms with E-state index in [1.54, 1.807) is 17.0 Å². The van der Waals surface area contributed by atoms with Gasteiger partial charge >= 0.3 is 6.09 Å². The zero-order valence-electron chi connectivity index (χ0n) is 18.6. The van der Waals surface area contributed by atoms with Crippen LogP contribution in [0.1, 0.15) is 30.1 Å². The van der Waals surface area contributed by atoms with Crippen molar-refractivity contribution in [3.8, 4) is 0 Å². The first-order chi connectivity index (χ1) is 16.0. The number of rotatable bonds is 4. The van der Waals surface area contributed by atoms with Gasteiger partial charge in [-0.05, 0) is 30.2 Å². The second-order valence-electron chi connectivity index (χ2n) is 8.45. The second-order valence-corrected chi connectivity index (χ2v) is 8.88. The summed E-state index contributed by atoms with van der Waals surface area (Å²) >= 11 is 5.94. The van der Waals surface area contributed by atoms with Crippen LogP contribution in [0.15, 0.2) is 48.0 Å². The van der Waals surface area contributed by atoms with E-state index in [0.29, 0.717) is 31.2 Å². The Balaban J connectivity index is 1.20. The van der Waals surface area contributed by atoms with Gasteiger partial charge in [-0.25, -0.2) is 14.3 Å². The summed E-state index contributed by atoms with van der Waals surface area (Å²) in [5.41, 5.74) is 3.79. The largest absolute Gasteiger partial charge is 0.442 e. The Labute approximate surface area is 197 Å². The van der Waals surface area contributed by atoms with Crippen LogP contribution in [0, 0.1) is 0 Å². The van der Waals surface area contributed by atoms with Gasteiger partial charge in [0.05, 0.1) is 6.20 Å². The number of hydrogen-bond acceptors (Lipinski definition) is 7. The Bertz CT molecular complexity index is 1170. The molecule has 4 heterocycles. The zero-order valence-corrected chi connectivity index (χ0v) is 19.4. The minimum atomic E-state index is -0.337. The van der Waals surface area contributed by atoms with Crippen LogP contribution in [0.2, 0.25) is 5.02 Å². The molecule has 2 aliphatic heterocycles. The van der Waals surface area contributed by atoms with Crippen LogP contribution in [0.3, 0.4) is 0 Å². The second kappa shape index (κ2) is 8.90. The highest BCUT2D eigenvalue weighted by Crippen LogP contribution is 2.25. The predicted molar refractivity (Wildman–Crippen MR) is 127 cm³/mol. The number of anilines is 1. The molecule has 1 unspecified atom stereocenters. The molecule has 0 aliphatic carbocycles. The maximum absolute atomic E-state index is 12.7. The summed E-state index contributed by atoms with van der Waals surface area (Å²) in [4.78, 5) is 21.3. The SMILES string of the molecule is C[C@@H](OC(=O)N1CCN(c2cnn3cc(C4C=NN(C)C4)cnc23)CC1)c1ccc(Cl)cc1. The number of halogens is 1. The molecule has 1 aromatic carbocycles. The fourth-order valence-electron chi connectivity index (χ4n) is 4.21. The van der Waals surface area contributed by atoms with E-state index >= 15 is 0 Å². The molecule has 1 saturated heterocycles. The highest BCUT2D eigenvalue weighted by Gasteiger charge is 2.26. The van der Waals surface area contributed by atoms with Crippen molar-refractivity contribution in [2.45, 2.75) is 18.9 Å². The van der Waals surface area contributed by atoms with Gasteiger partial charge in [-0.15, -0.1) is 0 Å². The first-order valence-electron chi connectivity index (χ1n) is 11.0. The molecule has 0 spiro atoms. The Kier molecular flexibility index (Phi) is 5.80. The molecule has 0 bridgehead atoms. The highest BCUT2D eigenvalue weighted by molar-refractivity contribution is 6.30. The lowest BCUT2D eigenvalue weighted by molar-refractivity contribution is 0.0681. The quantitative estimate of drug-likeness (QED) is 0.585. The summed E-state index contributed by atoms with van der Waals surface area (Å²) in [6.07, 6.45) is 7.07. The lowest BCUT2D eigenvalue weighted by Crippen LogP contribution is -2.49. The average Bonchev–Trinajstić information content (AvgIpc) is 3.45. The number of hydrazone groups is 1. The normalized spacial score (nSPS) is 19.4. The van der Waals surface area contributed by atoms with Crippen molar-refractivity contribution in [2.24, 2.45) is 5.10 Å². The van der Waals surface area contributed by atoms with E-state index in [9.17, 15) is 4.79 Å². The number of likely N-dealkylation sites (N-methyl/N-ethyl adjacent to an activating group) is 1. The van der Waals surface area contributed by atoms with Crippen molar-refractivity contribution >= 4 is 35.2 Å². The highest BCUT2D eigenvalue weighted by atomic mass is 35.5. The molecule has 172 valence electrons. The third-order valence-electron chi connectivity index (χ3n) is 6.19. The van der Waals surface area contributed by atoms with E-state index in [-0.39, 0.29) is 18.1 Å². The van der Waals surface area contributed by atoms with Gasteiger partial charge in [0.15, 0.2) is 5.65 Å². The topological polar surface area (TPSA) is 78.6 Å². The number of piperazine rings is 1. The molecular formula is C23H26ClN7O2. The van der Waals surface area contributed by atoms with Crippen molar-refractivity contribution < 1.29 is 9.53 Å². The average molecular weight is 468 g/mol. The molecule has 3 aromatic rings. The van der Waals surface area contributed by atoms with E-state index in [4.69, 9.17) is 16.3 Å². The molecule has 1 fully saturated rings. The fraction of sp³-hybridized carbons (Fsp3) is 0.391. The summed E-state index contributed by atoms with van der Waals surface area (Å²) in [6, 6.07) is 7.35. The number of ether oxygens (including phenoxy) is 1. The molecular weight excluding hydrogens is 442 g/mol. The number of amides is 1. The van der Waals surface area contributed by atoms with E-state index in [1.165, 1.54) is 0 Å². The number of hydrogen-bond donors (Lipinski definition) is 0. The van der Waals surface area contributed by atoms with E-state index in [1.807, 2.05) is 60.4 Å². The van der Waals surface area contributed by atoms with Gasteiger partial charge in [0, 0.05) is 69.3 Å². The number of benzene rings is 1. The van der Waals surface area contributed by atoms with Crippen LogP contribution in [-0.4, -0.2) is 76.6 Å². The molecule has 2 atom stereocenters. The molecule has 5 rings (SSSR count). The Morgan fingerprint density at radius 2 is 1.91 bits per heavy atom. The van der Waals surface area contributed by atoms with Gasteiger partial charge in [-0.2, -0.15) is 10.2 Å². The summed E-state index contributed by atoms with van der Waals surface area (Å²) in [5, 5.41) is 11.4. The predicted octanol–water partition coefficient (Wildman–Crippen LogP) is 3.42. The van der Waals surface area contributed by atoms with Gasteiger partial charge in [0.2, 0.25) is 0 Å². The maximum atomic E-state index is 12.7. The van der Waals surface area contributed by atoms with Crippen molar-refractivity contribution in [1.82, 2.24) is 24.5 Å². The van der Waals surface area contributed by atoms with Gasteiger partial charge in [0.25, 0.3) is 0 Å². The maximum Gasteiger partial charge on any atom is 0.410 e. The lowest BCUT2D eigenvalue weighted by Gasteiger charge is -2.35. The van der Waals surface area contributed by atoms with Crippen LogP contribution >= 0.6 is 11.6 Å². The van der Waals surface area contributed by atoms with Gasteiger partial charge in [-0.3, -0.25) is 5.01 Å². The van der Waals surface area contributed by atoms with Crippen LogP contribution < -0.4 is 4.90 Å². The molecule has 10 heteroatoms. The standard InChI is InChI=1S/C23H26ClN7O2/c1-16(17-3-5-20(24)6-4-17)33-23(32)30-9-7-29(8-10-30)21-13-27-31-15-18(11-25-22(21)31)19-12-26-28(2)14-19/h3-6,11-13,15-16,19H,7-10,14H2,1-2H3/t16-,19?/m1/s1. The molecule has 1 amide bonds. The Morgan fingerprint density at radius 1 is 1.15 bits per heavy atom. The Morgan fingerprint density at radius 3 is 2.61 bits per heavy atom. The van der Waals surface area contributed by atoms with Crippen LogP contribution in [-0.2, 0) is 4.74 Å². The minimum absolute atomic E-state index is 0.226. The van der Waals surface area contributed by atoms with Crippen molar-refractivity contribution in [2.75, 3.05) is 44.7 Å². The lowest BCUT2D eigenvalue weighted by atomic mass is 10.1. The van der Waals surface area contributed by atoms with Gasteiger partial charge in [0.1, 0.15) is 11.8 Å². The molecule has 0 radical (unpaired) electrons. The third-order valence-corrected chi connectivity index (χ3v) is 6.44. The molecule has 2 aliphatic rings. The first kappa shape index (κ1) is 21.5. The number of fused-ring (bicyclic) bond motifs is 1. The summed E-state index contributed by atoms with van der Waals surface area (Å²) < 4.78 is 7.49. The van der Waals surface area contributed by atoms with Crippen LogP contribution in [0.5, 0.6) is 0 Å². The van der Waals surface area contributed by atoms with E-state index < -0.39 is 0 Å². The van der Waals surface area contributed by atoms with Crippen molar-refractivity contribution in [1.29, 1.82) is 0 Å². The van der Waals surface area contributed by atoms with Crippen molar-refractivity contribution in [3.05, 3.63) is 59.0 Å². The summed E-state index contributed by atoms with van der Waals surface area (Å²) in [5.74, 6) is 0.226. The molecule has 33 heavy (non-hydrogen) atoms. The fourth-order valence-corrected chi connectivity index (χ4v) is 4.34.